The van der Waals surface area contributed by atoms with E-state index in [1.165, 1.54) is 5.56 Å². The number of hydrogen-bond donors (Lipinski definition) is 0. The van der Waals surface area contributed by atoms with Crippen LogP contribution in [-0.2, 0) is 13.0 Å². The minimum atomic E-state index is 0.0339. The molecule has 4 nitrogen and oxygen atoms in total. The molecule has 0 N–H and O–H groups in total. The van der Waals surface area contributed by atoms with Gasteiger partial charge in [0.25, 0.3) is 0 Å². The van der Waals surface area contributed by atoms with Crippen molar-refractivity contribution in [3.05, 3.63) is 47.8 Å². The molecule has 86 valence electrons. The molecule has 2 aromatic rings. The zero-order valence-electron chi connectivity index (χ0n) is 9.41. The van der Waals surface area contributed by atoms with Crippen LogP contribution in [0.25, 0.3) is 0 Å². The van der Waals surface area contributed by atoms with E-state index in [1.807, 2.05) is 24.3 Å². The van der Waals surface area contributed by atoms with Crippen molar-refractivity contribution >= 4 is 5.78 Å². The van der Waals surface area contributed by atoms with E-state index in [2.05, 4.69) is 10.3 Å². The van der Waals surface area contributed by atoms with Crippen LogP contribution in [0.4, 0.5) is 0 Å². The minimum absolute atomic E-state index is 0.0339. The predicted octanol–water partition coefficient (Wildman–Crippen LogP) is 1.72. The Morgan fingerprint density at radius 1 is 1.35 bits per heavy atom. The summed E-state index contributed by atoms with van der Waals surface area (Å²) in [5.74, 6) is 0.272. The number of nitrogens with zero attached hydrogens (tertiary/aromatic N) is 3. The summed E-state index contributed by atoms with van der Waals surface area (Å²) in [6.45, 7) is 0.632. The second kappa shape index (κ2) is 4.13. The number of carbonyl (C=O) groups is 1. The van der Waals surface area contributed by atoms with Crippen LogP contribution in [0.3, 0.4) is 0 Å². The summed E-state index contributed by atoms with van der Waals surface area (Å²) < 4.78 is 1.73. The number of aromatic nitrogens is 3. The summed E-state index contributed by atoms with van der Waals surface area (Å²) in [5, 5.41) is 7.67. The largest absolute Gasteiger partial charge is 0.294 e. The summed E-state index contributed by atoms with van der Waals surface area (Å²) in [4.78, 5) is 12.3. The zero-order valence-corrected chi connectivity index (χ0v) is 9.41. The predicted molar refractivity (Wildman–Crippen MR) is 62.6 cm³/mol. The highest BCUT2D eigenvalue weighted by atomic mass is 16.1. The number of ketones is 1. The van der Waals surface area contributed by atoms with Gasteiger partial charge in [-0.25, -0.2) is 0 Å². The van der Waals surface area contributed by atoms with E-state index in [-0.39, 0.29) is 11.7 Å². The Labute approximate surface area is 99.3 Å². The topological polar surface area (TPSA) is 47.8 Å². The maximum absolute atomic E-state index is 12.3. The molecule has 1 aliphatic carbocycles. The molecule has 3 rings (SSSR count). The van der Waals surface area contributed by atoms with Crippen LogP contribution in [0.5, 0.6) is 0 Å². The standard InChI is InChI=1S/C13H13N3O/c17-13-11(9-16-8-7-14-15-16)6-5-10-3-1-2-4-12(10)13/h1-4,7-8,11H,5-6,9H2. The molecule has 4 heteroatoms. The van der Waals surface area contributed by atoms with Crippen molar-refractivity contribution in [3.63, 3.8) is 0 Å². The SMILES string of the molecule is O=C1c2ccccc2CCC1Cn1ccnn1. The second-order valence-corrected chi connectivity index (χ2v) is 4.38. The van der Waals surface area contributed by atoms with Crippen molar-refractivity contribution in [3.8, 4) is 0 Å². The van der Waals surface area contributed by atoms with Gasteiger partial charge in [0, 0.05) is 17.7 Å². The minimum Gasteiger partial charge on any atom is -0.294 e. The lowest BCUT2D eigenvalue weighted by Crippen LogP contribution is -2.26. The van der Waals surface area contributed by atoms with Crippen molar-refractivity contribution < 1.29 is 4.79 Å². The lowest BCUT2D eigenvalue weighted by atomic mass is 9.83. The number of carbonyl (C=O) groups excluding carboxylic acids is 1. The third kappa shape index (κ3) is 1.86. The molecule has 0 amide bonds. The lowest BCUT2D eigenvalue weighted by molar-refractivity contribution is 0.0884. The monoisotopic (exact) mass is 227 g/mol. The van der Waals surface area contributed by atoms with E-state index in [4.69, 9.17) is 0 Å². The third-order valence-corrected chi connectivity index (χ3v) is 3.30. The molecule has 0 fully saturated rings. The lowest BCUT2D eigenvalue weighted by Gasteiger charge is -2.22. The molecule has 1 unspecified atom stereocenters. The van der Waals surface area contributed by atoms with Crippen LogP contribution in [0.1, 0.15) is 22.3 Å². The van der Waals surface area contributed by atoms with Gasteiger partial charge in [-0.05, 0) is 18.4 Å². The maximum Gasteiger partial charge on any atom is 0.168 e. The summed E-state index contributed by atoms with van der Waals surface area (Å²) in [7, 11) is 0. The number of hydrogen-bond acceptors (Lipinski definition) is 3. The Morgan fingerprint density at radius 2 is 2.24 bits per heavy atom. The smallest absolute Gasteiger partial charge is 0.168 e. The van der Waals surface area contributed by atoms with Gasteiger partial charge in [0.1, 0.15) is 0 Å². The number of aryl methyl sites for hydroxylation is 1. The molecule has 0 bridgehead atoms. The molecular formula is C13H13N3O. The van der Waals surface area contributed by atoms with Gasteiger partial charge in [0.05, 0.1) is 12.7 Å². The number of fused-ring (bicyclic) bond motifs is 1. The zero-order chi connectivity index (χ0) is 11.7. The number of rotatable bonds is 2. The average Bonchev–Trinajstić information content (AvgIpc) is 2.86. The van der Waals surface area contributed by atoms with Crippen molar-refractivity contribution in [2.45, 2.75) is 19.4 Å². The molecule has 0 radical (unpaired) electrons. The van der Waals surface area contributed by atoms with Gasteiger partial charge in [0.15, 0.2) is 5.78 Å². The Balaban J connectivity index is 1.84. The summed E-state index contributed by atoms with van der Waals surface area (Å²) in [6, 6.07) is 7.88. The fraction of sp³-hybridized carbons (Fsp3) is 0.308. The van der Waals surface area contributed by atoms with Gasteiger partial charge >= 0.3 is 0 Å². The average molecular weight is 227 g/mol. The van der Waals surface area contributed by atoms with Crippen LogP contribution in [-0.4, -0.2) is 20.8 Å². The molecule has 17 heavy (non-hydrogen) atoms. The molecule has 0 saturated carbocycles. The van der Waals surface area contributed by atoms with Crippen LogP contribution < -0.4 is 0 Å². The van der Waals surface area contributed by atoms with Gasteiger partial charge < -0.3 is 0 Å². The highest BCUT2D eigenvalue weighted by Crippen LogP contribution is 2.26. The highest BCUT2D eigenvalue weighted by molar-refractivity contribution is 6.00. The van der Waals surface area contributed by atoms with Crippen molar-refractivity contribution in [2.75, 3.05) is 0 Å². The fourth-order valence-electron chi connectivity index (χ4n) is 2.39. The Kier molecular flexibility index (Phi) is 2.48. The van der Waals surface area contributed by atoms with Crippen LogP contribution >= 0.6 is 0 Å². The molecule has 1 aliphatic rings. The number of Topliss-reactive ketones (excluding diaryl/α,β-unsaturated/α-hetero) is 1. The first-order valence-corrected chi connectivity index (χ1v) is 5.81. The Morgan fingerprint density at radius 3 is 3.06 bits per heavy atom. The molecule has 0 spiro atoms. The van der Waals surface area contributed by atoms with E-state index in [0.29, 0.717) is 6.54 Å². The molecular weight excluding hydrogens is 214 g/mol. The third-order valence-electron chi connectivity index (χ3n) is 3.30. The molecule has 0 saturated heterocycles. The summed E-state index contributed by atoms with van der Waals surface area (Å²) in [6.07, 6.45) is 5.31. The van der Waals surface area contributed by atoms with Crippen LogP contribution in [0, 0.1) is 5.92 Å². The second-order valence-electron chi connectivity index (χ2n) is 4.38. The normalized spacial score (nSPS) is 19.1. The van der Waals surface area contributed by atoms with Crippen molar-refractivity contribution in [1.29, 1.82) is 0 Å². The van der Waals surface area contributed by atoms with Gasteiger partial charge in [-0.1, -0.05) is 29.5 Å². The first-order valence-electron chi connectivity index (χ1n) is 5.81. The molecule has 0 aliphatic heterocycles. The molecule has 1 aromatic heterocycles. The van der Waals surface area contributed by atoms with Gasteiger partial charge in [-0.3, -0.25) is 9.48 Å². The maximum atomic E-state index is 12.3. The summed E-state index contributed by atoms with van der Waals surface area (Å²) in [5.41, 5.74) is 2.05. The van der Waals surface area contributed by atoms with Crippen molar-refractivity contribution in [1.82, 2.24) is 15.0 Å². The van der Waals surface area contributed by atoms with Gasteiger partial charge in [-0.2, -0.15) is 0 Å². The van der Waals surface area contributed by atoms with E-state index in [0.717, 1.165) is 18.4 Å². The van der Waals surface area contributed by atoms with Gasteiger partial charge in [0.2, 0.25) is 0 Å². The quantitative estimate of drug-likeness (QED) is 0.784. The first-order chi connectivity index (χ1) is 8.34. The van der Waals surface area contributed by atoms with Crippen LogP contribution in [0.15, 0.2) is 36.7 Å². The van der Waals surface area contributed by atoms with E-state index < -0.39 is 0 Å². The molecule has 1 atom stereocenters. The van der Waals surface area contributed by atoms with E-state index in [1.54, 1.807) is 17.1 Å². The fourth-order valence-corrected chi connectivity index (χ4v) is 2.39. The van der Waals surface area contributed by atoms with Gasteiger partial charge in [-0.15, -0.1) is 5.10 Å². The first kappa shape index (κ1) is 10.2. The highest BCUT2D eigenvalue weighted by Gasteiger charge is 2.27. The van der Waals surface area contributed by atoms with E-state index in [9.17, 15) is 4.79 Å². The summed E-state index contributed by atoms with van der Waals surface area (Å²) >= 11 is 0. The number of benzene rings is 1. The Bertz CT molecular complexity index is 533. The molecule has 1 aromatic carbocycles. The van der Waals surface area contributed by atoms with E-state index >= 15 is 0 Å². The molecule has 1 heterocycles. The Hall–Kier alpha value is -1.97. The van der Waals surface area contributed by atoms with Crippen LogP contribution in [0.2, 0.25) is 0 Å². The van der Waals surface area contributed by atoms with Crippen molar-refractivity contribution in [2.24, 2.45) is 5.92 Å².